The van der Waals surface area contributed by atoms with E-state index in [1.165, 1.54) is 23.5 Å². The summed E-state index contributed by atoms with van der Waals surface area (Å²) < 4.78 is 40.2. The molecule has 1 aromatic heterocycles. The van der Waals surface area contributed by atoms with Gasteiger partial charge in [0.15, 0.2) is 6.61 Å². The number of amides is 1. The summed E-state index contributed by atoms with van der Waals surface area (Å²) in [7, 11) is -2.38. The number of methoxy groups -OCH3 is 1. The van der Waals surface area contributed by atoms with Gasteiger partial charge in [0.05, 0.1) is 12.7 Å². The molecule has 0 spiro atoms. The molecule has 2 heterocycles. The Morgan fingerprint density at radius 2 is 1.80 bits per heavy atom. The summed E-state index contributed by atoms with van der Waals surface area (Å²) in [5, 5.41) is 3.36. The Kier molecular flexibility index (Phi) is 7.42. The first-order chi connectivity index (χ1) is 16.8. The molecule has 0 atom stereocenters. The number of anilines is 1. The van der Waals surface area contributed by atoms with Crippen LogP contribution >= 0.6 is 0 Å². The molecule has 10 heteroatoms. The van der Waals surface area contributed by atoms with Crippen LogP contribution in [0.2, 0.25) is 0 Å². The number of benzene rings is 2. The van der Waals surface area contributed by atoms with E-state index in [2.05, 4.69) is 5.32 Å². The van der Waals surface area contributed by atoms with E-state index in [-0.39, 0.29) is 16.3 Å². The quantitative estimate of drug-likeness (QED) is 0.474. The average Bonchev–Trinajstić information content (AvgIpc) is 3.27. The van der Waals surface area contributed by atoms with Crippen LogP contribution in [-0.4, -0.2) is 56.0 Å². The molecule has 1 aliphatic rings. The second-order valence-electron chi connectivity index (χ2n) is 8.30. The van der Waals surface area contributed by atoms with Crippen molar-refractivity contribution in [1.82, 2.24) is 8.87 Å². The van der Waals surface area contributed by atoms with Crippen molar-refractivity contribution in [3.8, 4) is 5.75 Å². The SMILES string of the molecule is CCn1cc(C(=O)OCC(=O)Nc2ccc(OC)c(S(=O)(=O)N3CCCCC3)c2)c2ccccc21. The highest BCUT2D eigenvalue weighted by Gasteiger charge is 2.29. The van der Waals surface area contributed by atoms with Crippen LogP contribution in [0.15, 0.2) is 53.6 Å². The summed E-state index contributed by atoms with van der Waals surface area (Å²) in [6, 6.07) is 11.9. The molecule has 1 N–H and O–H groups in total. The molecule has 3 aromatic rings. The molecule has 1 aliphatic heterocycles. The number of para-hydroxylation sites is 1. The number of piperidine rings is 1. The molecule has 0 saturated carbocycles. The summed E-state index contributed by atoms with van der Waals surface area (Å²) >= 11 is 0. The lowest BCUT2D eigenvalue weighted by molar-refractivity contribution is -0.119. The maximum absolute atomic E-state index is 13.2. The fraction of sp³-hybridized carbons (Fsp3) is 0.360. The number of hydrogen-bond donors (Lipinski definition) is 1. The van der Waals surface area contributed by atoms with E-state index < -0.39 is 28.5 Å². The number of carbonyl (C=O) groups excluding carboxylic acids is 2. The van der Waals surface area contributed by atoms with Crippen molar-refractivity contribution in [2.45, 2.75) is 37.6 Å². The molecule has 0 aliphatic carbocycles. The van der Waals surface area contributed by atoms with Crippen LogP contribution in [0.1, 0.15) is 36.5 Å². The van der Waals surface area contributed by atoms with Gasteiger partial charge in [-0.3, -0.25) is 4.79 Å². The molecule has 186 valence electrons. The minimum absolute atomic E-state index is 0.0101. The standard InChI is InChI=1S/C25H29N3O6S/c1-3-27-16-20(19-9-5-6-10-21(19)27)25(30)34-17-24(29)26-18-11-12-22(33-2)23(15-18)35(31,32)28-13-7-4-8-14-28/h5-6,9-12,15-16H,3-4,7-8,13-14,17H2,1-2H3,(H,26,29). The van der Waals surface area contributed by atoms with Gasteiger partial charge < -0.3 is 19.4 Å². The molecular weight excluding hydrogens is 470 g/mol. The maximum atomic E-state index is 13.2. The Bertz CT molecular complexity index is 1340. The van der Waals surface area contributed by atoms with Crippen molar-refractivity contribution >= 4 is 38.5 Å². The Balaban J connectivity index is 1.46. The fourth-order valence-electron chi connectivity index (χ4n) is 4.28. The average molecular weight is 500 g/mol. The van der Waals surface area contributed by atoms with Crippen LogP contribution in [0.4, 0.5) is 5.69 Å². The fourth-order valence-corrected chi connectivity index (χ4v) is 5.98. The van der Waals surface area contributed by atoms with Gasteiger partial charge >= 0.3 is 5.97 Å². The second kappa shape index (κ2) is 10.5. The number of sulfonamides is 1. The lowest BCUT2D eigenvalue weighted by Crippen LogP contribution is -2.35. The monoisotopic (exact) mass is 499 g/mol. The largest absolute Gasteiger partial charge is 0.495 e. The third kappa shape index (κ3) is 5.18. The molecule has 1 fully saturated rings. The normalized spacial score (nSPS) is 14.6. The number of hydrogen-bond acceptors (Lipinski definition) is 6. The third-order valence-corrected chi connectivity index (χ3v) is 7.98. The molecule has 1 saturated heterocycles. The molecule has 2 aromatic carbocycles. The predicted molar refractivity (Wildman–Crippen MR) is 132 cm³/mol. The molecule has 35 heavy (non-hydrogen) atoms. The number of ether oxygens (including phenoxy) is 2. The summed E-state index contributed by atoms with van der Waals surface area (Å²) in [5.41, 5.74) is 1.56. The first kappa shape index (κ1) is 24.7. The van der Waals surface area contributed by atoms with Crippen LogP contribution in [0.3, 0.4) is 0 Å². The summed E-state index contributed by atoms with van der Waals surface area (Å²) in [6.07, 6.45) is 4.32. The zero-order valence-electron chi connectivity index (χ0n) is 19.8. The minimum atomic E-state index is -3.78. The zero-order chi connectivity index (χ0) is 25.0. The summed E-state index contributed by atoms with van der Waals surface area (Å²) in [5.74, 6) is -0.983. The Morgan fingerprint density at radius 1 is 1.06 bits per heavy atom. The molecule has 9 nitrogen and oxygen atoms in total. The van der Waals surface area contributed by atoms with Gasteiger partial charge in [-0.2, -0.15) is 4.31 Å². The molecule has 4 rings (SSSR count). The van der Waals surface area contributed by atoms with Crippen molar-refractivity contribution in [1.29, 1.82) is 0 Å². The lowest BCUT2D eigenvalue weighted by atomic mass is 10.2. The topological polar surface area (TPSA) is 107 Å². The number of nitrogens with one attached hydrogen (secondary N) is 1. The van der Waals surface area contributed by atoms with Crippen LogP contribution in [0, 0.1) is 0 Å². The van der Waals surface area contributed by atoms with E-state index in [1.807, 2.05) is 35.8 Å². The number of aromatic nitrogens is 1. The molecule has 0 bridgehead atoms. The van der Waals surface area contributed by atoms with Crippen molar-refractivity contribution in [3.63, 3.8) is 0 Å². The number of carbonyl (C=O) groups is 2. The molecule has 0 unspecified atom stereocenters. The van der Waals surface area contributed by atoms with Gasteiger partial charge in [0.1, 0.15) is 10.6 Å². The van der Waals surface area contributed by atoms with Gasteiger partial charge in [-0.25, -0.2) is 13.2 Å². The molecule has 1 amide bonds. The van der Waals surface area contributed by atoms with Crippen LogP contribution in [0.5, 0.6) is 5.75 Å². The number of fused-ring (bicyclic) bond motifs is 1. The molecule has 0 radical (unpaired) electrons. The van der Waals surface area contributed by atoms with Crippen molar-refractivity contribution in [2.75, 3.05) is 32.1 Å². The minimum Gasteiger partial charge on any atom is -0.495 e. The summed E-state index contributed by atoms with van der Waals surface area (Å²) in [6.45, 7) is 3.06. The Labute approximate surface area is 204 Å². The smallest absolute Gasteiger partial charge is 0.340 e. The highest BCUT2D eigenvalue weighted by molar-refractivity contribution is 7.89. The van der Waals surface area contributed by atoms with E-state index in [9.17, 15) is 18.0 Å². The van der Waals surface area contributed by atoms with Crippen molar-refractivity contribution < 1.29 is 27.5 Å². The van der Waals surface area contributed by atoms with E-state index in [4.69, 9.17) is 9.47 Å². The number of aryl methyl sites for hydroxylation is 1. The summed E-state index contributed by atoms with van der Waals surface area (Å²) in [4.78, 5) is 25.2. The number of rotatable bonds is 8. The van der Waals surface area contributed by atoms with E-state index >= 15 is 0 Å². The predicted octanol–water partition coefficient (Wildman–Crippen LogP) is 3.64. The van der Waals surface area contributed by atoms with E-state index in [1.54, 1.807) is 12.3 Å². The van der Waals surface area contributed by atoms with Crippen molar-refractivity contribution in [2.24, 2.45) is 0 Å². The zero-order valence-corrected chi connectivity index (χ0v) is 20.6. The first-order valence-corrected chi connectivity index (χ1v) is 13.0. The third-order valence-electron chi connectivity index (χ3n) is 6.06. The van der Waals surface area contributed by atoms with Gasteiger partial charge in [-0.05, 0) is 44.0 Å². The van der Waals surface area contributed by atoms with E-state index in [0.29, 0.717) is 25.2 Å². The van der Waals surface area contributed by atoms with Gasteiger partial charge in [0.2, 0.25) is 10.0 Å². The van der Waals surface area contributed by atoms with Crippen molar-refractivity contribution in [3.05, 3.63) is 54.2 Å². The van der Waals surface area contributed by atoms with Gasteiger partial charge in [-0.1, -0.05) is 24.6 Å². The molecular formula is C25H29N3O6S. The lowest BCUT2D eigenvalue weighted by Gasteiger charge is -2.26. The Hall–Kier alpha value is -3.37. The maximum Gasteiger partial charge on any atom is 0.340 e. The number of nitrogens with zero attached hydrogens (tertiary/aromatic N) is 2. The second-order valence-corrected chi connectivity index (χ2v) is 10.2. The van der Waals surface area contributed by atoms with Crippen LogP contribution in [-0.2, 0) is 26.1 Å². The highest BCUT2D eigenvalue weighted by atomic mass is 32.2. The van der Waals surface area contributed by atoms with Crippen LogP contribution < -0.4 is 10.1 Å². The van der Waals surface area contributed by atoms with E-state index in [0.717, 1.165) is 30.2 Å². The van der Waals surface area contributed by atoms with Gasteiger partial charge in [0.25, 0.3) is 5.91 Å². The Morgan fingerprint density at radius 3 is 2.51 bits per heavy atom. The first-order valence-electron chi connectivity index (χ1n) is 11.6. The van der Waals surface area contributed by atoms with Crippen LogP contribution in [0.25, 0.3) is 10.9 Å². The number of esters is 1. The van der Waals surface area contributed by atoms with Gasteiger partial charge in [-0.15, -0.1) is 0 Å². The highest BCUT2D eigenvalue weighted by Crippen LogP contribution is 2.31. The van der Waals surface area contributed by atoms with Gasteiger partial charge in [0, 0.05) is 42.4 Å².